The highest BCUT2D eigenvalue weighted by Crippen LogP contribution is 2.28. The highest BCUT2D eigenvalue weighted by Gasteiger charge is 2.13. The van der Waals surface area contributed by atoms with Crippen molar-refractivity contribution in [2.24, 2.45) is 0 Å². The molecule has 0 atom stereocenters. The number of unbranched alkanes of at least 4 members (excludes halogenated alkanes) is 1. The monoisotopic (exact) mass is 317 g/mol. The van der Waals surface area contributed by atoms with Crippen molar-refractivity contribution in [2.75, 3.05) is 13.7 Å². The second-order valence-corrected chi connectivity index (χ2v) is 4.97. The number of hydrogen-bond acceptors (Lipinski definition) is 4. The number of carboxylic acids is 1. The molecule has 2 rings (SSSR count). The molecule has 1 aromatic carbocycles. The second-order valence-electron chi connectivity index (χ2n) is 4.97. The van der Waals surface area contributed by atoms with Crippen LogP contribution in [0.4, 0.5) is 0 Å². The Morgan fingerprint density at radius 3 is 2.83 bits per heavy atom. The molecular weight excluding hydrogens is 298 g/mol. The molecule has 1 heterocycles. The molecule has 0 spiro atoms. The van der Waals surface area contributed by atoms with Crippen molar-refractivity contribution in [1.29, 1.82) is 0 Å². The van der Waals surface area contributed by atoms with Crippen molar-refractivity contribution in [1.82, 2.24) is 15.5 Å². The molecule has 0 aliphatic rings. The lowest BCUT2D eigenvalue weighted by molar-refractivity contribution is -0.137. The molecule has 0 unspecified atom stereocenters. The number of carbonyl (C=O) groups excluding carboxylic acids is 1. The quantitative estimate of drug-likeness (QED) is 0.647. The van der Waals surface area contributed by atoms with E-state index in [1.165, 1.54) is 0 Å². The summed E-state index contributed by atoms with van der Waals surface area (Å²) in [6, 6.07) is 9.08. The van der Waals surface area contributed by atoms with E-state index < -0.39 is 5.97 Å². The third kappa shape index (κ3) is 4.57. The van der Waals surface area contributed by atoms with Crippen molar-refractivity contribution in [3.05, 3.63) is 36.0 Å². The lowest BCUT2D eigenvalue weighted by atomic mass is 10.1. The average Bonchev–Trinajstić information content (AvgIpc) is 3.04. The van der Waals surface area contributed by atoms with E-state index >= 15 is 0 Å². The van der Waals surface area contributed by atoms with Gasteiger partial charge in [0.2, 0.25) is 0 Å². The molecule has 3 N–H and O–H groups in total. The molecule has 23 heavy (non-hydrogen) atoms. The molecule has 0 bridgehead atoms. The maximum atomic E-state index is 12.0. The van der Waals surface area contributed by atoms with Gasteiger partial charge in [-0.15, -0.1) is 0 Å². The van der Waals surface area contributed by atoms with Gasteiger partial charge >= 0.3 is 5.97 Å². The lowest BCUT2D eigenvalue weighted by Crippen LogP contribution is -2.24. The predicted molar refractivity (Wildman–Crippen MR) is 84.4 cm³/mol. The smallest absolute Gasteiger partial charge is 0.303 e. The number of rotatable bonds is 8. The number of benzene rings is 1. The Hall–Kier alpha value is -2.83. The summed E-state index contributed by atoms with van der Waals surface area (Å²) >= 11 is 0. The zero-order valence-corrected chi connectivity index (χ0v) is 12.8. The number of carbonyl (C=O) groups is 2. The number of carboxylic acid groups (broad SMARTS) is 1. The van der Waals surface area contributed by atoms with E-state index in [2.05, 4.69) is 15.5 Å². The Morgan fingerprint density at radius 1 is 1.30 bits per heavy atom. The summed E-state index contributed by atoms with van der Waals surface area (Å²) < 4.78 is 5.28. The summed E-state index contributed by atoms with van der Waals surface area (Å²) in [5.74, 6) is -0.417. The Kier molecular flexibility index (Phi) is 5.74. The molecule has 1 amide bonds. The van der Waals surface area contributed by atoms with Crippen molar-refractivity contribution in [2.45, 2.75) is 19.3 Å². The molecule has 0 fully saturated rings. The topological polar surface area (TPSA) is 104 Å². The molecular formula is C16H19N3O4. The first-order valence-electron chi connectivity index (χ1n) is 7.30. The number of aromatic amines is 1. The largest absolute Gasteiger partial charge is 0.496 e. The highest BCUT2D eigenvalue weighted by molar-refractivity contribution is 5.93. The number of hydrogen-bond donors (Lipinski definition) is 3. The van der Waals surface area contributed by atoms with Crippen LogP contribution in [0.25, 0.3) is 11.3 Å². The summed E-state index contributed by atoms with van der Waals surface area (Å²) in [5.41, 5.74) is 1.77. The fourth-order valence-corrected chi connectivity index (χ4v) is 2.13. The van der Waals surface area contributed by atoms with Crippen molar-refractivity contribution in [3.8, 4) is 17.0 Å². The van der Waals surface area contributed by atoms with E-state index in [4.69, 9.17) is 9.84 Å². The van der Waals surface area contributed by atoms with Gasteiger partial charge in [0.25, 0.3) is 5.91 Å². The summed E-state index contributed by atoms with van der Waals surface area (Å²) in [6.07, 6.45) is 1.26. The maximum absolute atomic E-state index is 12.0. The number of aliphatic carboxylic acids is 1. The standard InChI is InChI=1S/C16H19N3O4/c1-23-14-7-3-2-6-11(14)12-10-13(19-18-12)16(22)17-9-5-4-8-15(20)21/h2-3,6-7,10H,4-5,8-9H2,1H3,(H,17,22)(H,18,19)(H,20,21). The van der Waals surface area contributed by atoms with Gasteiger partial charge in [0.15, 0.2) is 0 Å². The fourth-order valence-electron chi connectivity index (χ4n) is 2.13. The first kappa shape index (κ1) is 16.5. The van der Waals surface area contributed by atoms with Crippen molar-refractivity contribution in [3.63, 3.8) is 0 Å². The van der Waals surface area contributed by atoms with Gasteiger partial charge in [0.05, 0.1) is 12.8 Å². The molecule has 0 saturated carbocycles. The van der Waals surface area contributed by atoms with Crippen LogP contribution in [0.5, 0.6) is 5.75 Å². The minimum Gasteiger partial charge on any atom is -0.496 e. The van der Waals surface area contributed by atoms with Crippen LogP contribution in [0.3, 0.4) is 0 Å². The van der Waals surface area contributed by atoms with E-state index in [-0.39, 0.29) is 12.3 Å². The van der Waals surface area contributed by atoms with E-state index in [1.807, 2.05) is 24.3 Å². The SMILES string of the molecule is COc1ccccc1-c1cc(C(=O)NCCCCC(=O)O)[nH]n1. The van der Waals surface area contributed by atoms with Crippen LogP contribution in [-0.2, 0) is 4.79 Å². The van der Waals surface area contributed by atoms with E-state index in [0.29, 0.717) is 36.5 Å². The number of ether oxygens (including phenoxy) is 1. The number of para-hydroxylation sites is 1. The minimum atomic E-state index is -0.827. The Bertz CT molecular complexity index is 681. The van der Waals surface area contributed by atoms with Crippen LogP contribution >= 0.6 is 0 Å². The summed E-state index contributed by atoms with van der Waals surface area (Å²) in [5, 5.41) is 18.1. The fraction of sp³-hybridized carbons (Fsp3) is 0.312. The number of H-pyrrole nitrogens is 1. The van der Waals surface area contributed by atoms with Crippen LogP contribution in [0.15, 0.2) is 30.3 Å². The summed E-state index contributed by atoms with van der Waals surface area (Å²) in [6.45, 7) is 0.426. The van der Waals surface area contributed by atoms with Crippen molar-refractivity contribution < 1.29 is 19.4 Å². The molecule has 7 heteroatoms. The van der Waals surface area contributed by atoms with E-state index in [9.17, 15) is 9.59 Å². The van der Waals surface area contributed by atoms with Gasteiger partial charge < -0.3 is 15.2 Å². The average molecular weight is 317 g/mol. The van der Waals surface area contributed by atoms with Gasteiger partial charge in [-0.1, -0.05) is 12.1 Å². The number of methoxy groups -OCH3 is 1. The van der Waals surface area contributed by atoms with Crippen LogP contribution < -0.4 is 10.1 Å². The minimum absolute atomic E-state index is 0.109. The number of nitrogens with zero attached hydrogens (tertiary/aromatic N) is 1. The normalized spacial score (nSPS) is 10.3. The van der Waals surface area contributed by atoms with Gasteiger partial charge in [0.1, 0.15) is 11.4 Å². The molecule has 0 saturated heterocycles. The zero-order valence-electron chi connectivity index (χ0n) is 12.8. The number of aromatic nitrogens is 2. The Morgan fingerprint density at radius 2 is 2.09 bits per heavy atom. The molecule has 2 aromatic rings. The maximum Gasteiger partial charge on any atom is 0.303 e. The van der Waals surface area contributed by atoms with Gasteiger partial charge in [0, 0.05) is 18.5 Å². The van der Waals surface area contributed by atoms with Crippen molar-refractivity contribution >= 4 is 11.9 Å². The van der Waals surface area contributed by atoms with Crippen LogP contribution in [0.2, 0.25) is 0 Å². The number of nitrogens with one attached hydrogen (secondary N) is 2. The third-order valence-electron chi connectivity index (χ3n) is 3.31. The molecule has 0 aliphatic heterocycles. The molecule has 0 radical (unpaired) electrons. The van der Waals surface area contributed by atoms with Crippen LogP contribution in [0, 0.1) is 0 Å². The Balaban J connectivity index is 1.93. The summed E-state index contributed by atoms with van der Waals surface area (Å²) in [4.78, 5) is 22.4. The van der Waals surface area contributed by atoms with Crippen LogP contribution in [-0.4, -0.2) is 40.8 Å². The van der Waals surface area contributed by atoms with E-state index in [0.717, 1.165) is 5.56 Å². The Labute approximate surface area is 133 Å². The summed E-state index contributed by atoms with van der Waals surface area (Å²) in [7, 11) is 1.58. The lowest BCUT2D eigenvalue weighted by Gasteiger charge is -2.04. The molecule has 7 nitrogen and oxygen atoms in total. The molecule has 0 aliphatic carbocycles. The number of amides is 1. The van der Waals surface area contributed by atoms with Gasteiger partial charge in [-0.25, -0.2) is 0 Å². The van der Waals surface area contributed by atoms with Gasteiger partial charge in [-0.2, -0.15) is 5.10 Å². The first-order valence-corrected chi connectivity index (χ1v) is 7.30. The first-order chi connectivity index (χ1) is 11.1. The van der Waals surface area contributed by atoms with E-state index in [1.54, 1.807) is 13.2 Å². The highest BCUT2D eigenvalue weighted by atomic mass is 16.5. The third-order valence-corrected chi connectivity index (χ3v) is 3.31. The van der Waals surface area contributed by atoms with Crippen LogP contribution in [0.1, 0.15) is 29.8 Å². The van der Waals surface area contributed by atoms with Gasteiger partial charge in [-0.05, 0) is 31.0 Å². The molecule has 1 aromatic heterocycles. The van der Waals surface area contributed by atoms with Gasteiger partial charge in [-0.3, -0.25) is 14.7 Å². The zero-order chi connectivity index (χ0) is 16.7. The molecule has 122 valence electrons. The second kappa shape index (κ2) is 7.98. The predicted octanol–water partition coefficient (Wildman–Crippen LogP) is 2.07.